The van der Waals surface area contributed by atoms with Gasteiger partial charge in [0.1, 0.15) is 0 Å². The van der Waals surface area contributed by atoms with Gasteiger partial charge in [0.25, 0.3) is 5.91 Å². The number of aliphatic hydroxyl groups is 1. The first kappa shape index (κ1) is 16.8. The summed E-state index contributed by atoms with van der Waals surface area (Å²) in [6.07, 6.45) is 1.93. The second kappa shape index (κ2) is 6.67. The number of hydrogen-bond acceptors (Lipinski definition) is 4. The lowest BCUT2D eigenvalue weighted by Gasteiger charge is -2.22. The Balaban J connectivity index is 2.22. The fraction of sp³-hybridized carbons (Fsp3) is 0.412. The van der Waals surface area contributed by atoms with Crippen molar-refractivity contribution in [1.29, 1.82) is 0 Å². The molecule has 0 aliphatic heterocycles. The monoisotopic (exact) mass is 318 g/mol. The normalized spacial score (nSPS) is 13.9. The number of amides is 1. The van der Waals surface area contributed by atoms with Gasteiger partial charge in [0.15, 0.2) is 0 Å². The zero-order chi connectivity index (χ0) is 16.3. The second-order valence-corrected chi connectivity index (χ2v) is 6.80. The van der Waals surface area contributed by atoms with E-state index >= 15 is 0 Å². The molecule has 0 spiro atoms. The Morgan fingerprint density at radius 3 is 2.77 bits per heavy atom. The molecule has 1 atom stereocenters. The molecule has 2 rings (SSSR count). The summed E-state index contributed by atoms with van der Waals surface area (Å²) in [5.74, 6) is 0.372. The van der Waals surface area contributed by atoms with Gasteiger partial charge in [0.2, 0.25) is 0 Å². The van der Waals surface area contributed by atoms with Crippen LogP contribution in [-0.2, 0) is 0 Å². The van der Waals surface area contributed by atoms with Crippen molar-refractivity contribution in [2.24, 2.45) is 0 Å². The topological polar surface area (TPSA) is 62.2 Å². The average molecular weight is 318 g/mol. The maximum Gasteiger partial charge on any atom is 0.253 e. The van der Waals surface area contributed by atoms with Crippen LogP contribution in [0.1, 0.15) is 28.5 Å². The third kappa shape index (κ3) is 3.99. The number of thioether (sulfide) groups is 1. The van der Waals surface area contributed by atoms with Crippen LogP contribution in [0.5, 0.6) is 0 Å². The lowest BCUT2D eigenvalue weighted by molar-refractivity contribution is 0.0724. The van der Waals surface area contributed by atoms with Gasteiger partial charge in [-0.25, -0.2) is 0 Å². The summed E-state index contributed by atoms with van der Waals surface area (Å²) in [6, 6.07) is 7.85. The van der Waals surface area contributed by atoms with E-state index in [-0.39, 0.29) is 12.5 Å². The molecule has 0 saturated heterocycles. The number of carbonyl (C=O) groups excluding carboxylic acids is 1. The molecule has 0 bridgehead atoms. The van der Waals surface area contributed by atoms with Crippen LogP contribution in [0.3, 0.4) is 0 Å². The Kier molecular flexibility index (Phi) is 5.08. The van der Waals surface area contributed by atoms with Crippen LogP contribution in [0.4, 0.5) is 0 Å². The first-order chi connectivity index (χ1) is 10.3. The molecule has 118 valence electrons. The Bertz CT molecular complexity index is 698. The smallest absolute Gasteiger partial charge is 0.253 e. The van der Waals surface area contributed by atoms with Crippen LogP contribution < -0.4 is 5.32 Å². The first-order valence-electron chi connectivity index (χ1n) is 7.20. The summed E-state index contributed by atoms with van der Waals surface area (Å²) in [5.41, 5.74) is 2.35. The summed E-state index contributed by atoms with van der Waals surface area (Å²) in [6.45, 7) is 5.78. The quantitative estimate of drug-likeness (QED) is 0.890. The van der Waals surface area contributed by atoms with Gasteiger partial charge < -0.3 is 10.4 Å². The van der Waals surface area contributed by atoms with Gasteiger partial charge >= 0.3 is 0 Å². The Morgan fingerprint density at radius 2 is 2.09 bits per heavy atom. The van der Waals surface area contributed by atoms with Crippen molar-refractivity contribution in [3.63, 3.8) is 0 Å². The van der Waals surface area contributed by atoms with Crippen LogP contribution in [-0.4, -0.2) is 40.2 Å². The van der Waals surface area contributed by atoms with E-state index in [4.69, 9.17) is 0 Å². The molecule has 0 radical (unpaired) electrons. The molecule has 2 N–H and O–H groups in total. The number of pyridine rings is 1. The third-order valence-corrected chi connectivity index (χ3v) is 4.40. The van der Waals surface area contributed by atoms with Crippen LogP contribution in [0.25, 0.3) is 10.9 Å². The first-order valence-corrected chi connectivity index (χ1v) is 8.59. The molecule has 0 fully saturated rings. The third-order valence-electron chi connectivity index (χ3n) is 3.49. The number of aryl methyl sites for hydroxylation is 2. The highest BCUT2D eigenvalue weighted by atomic mass is 32.2. The average Bonchev–Trinajstić information content (AvgIpc) is 2.44. The fourth-order valence-corrected chi connectivity index (χ4v) is 3.07. The predicted octanol–water partition coefficient (Wildman–Crippen LogP) is 2.70. The van der Waals surface area contributed by atoms with Crippen LogP contribution in [0.15, 0.2) is 24.3 Å². The van der Waals surface area contributed by atoms with Gasteiger partial charge in [-0.05, 0) is 45.2 Å². The number of nitrogens with zero attached hydrogens (tertiary/aromatic N) is 1. The van der Waals surface area contributed by atoms with Gasteiger partial charge in [-0.1, -0.05) is 11.6 Å². The van der Waals surface area contributed by atoms with Crippen LogP contribution >= 0.6 is 11.8 Å². The van der Waals surface area contributed by atoms with E-state index < -0.39 is 5.60 Å². The number of aromatic nitrogens is 1. The highest BCUT2D eigenvalue weighted by Gasteiger charge is 2.21. The van der Waals surface area contributed by atoms with Crippen molar-refractivity contribution in [1.82, 2.24) is 10.3 Å². The van der Waals surface area contributed by atoms with Gasteiger partial charge in [-0.2, -0.15) is 11.8 Å². The number of nitrogens with one attached hydrogen (secondary N) is 1. The van der Waals surface area contributed by atoms with E-state index in [9.17, 15) is 9.90 Å². The van der Waals surface area contributed by atoms with Gasteiger partial charge in [-0.3, -0.25) is 9.78 Å². The zero-order valence-electron chi connectivity index (χ0n) is 13.4. The summed E-state index contributed by atoms with van der Waals surface area (Å²) in [4.78, 5) is 16.9. The lowest BCUT2D eigenvalue weighted by atomic mass is 10.1. The number of rotatable bonds is 5. The highest BCUT2D eigenvalue weighted by Crippen LogP contribution is 2.18. The molecule has 1 aromatic carbocycles. The number of benzene rings is 1. The lowest BCUT2D eigenvalue weighted by Crippen LogP contribution is -2.42. The van der Waals surface area contributed by atoms with Crippen molar-refractivity contribution in [2.75, 3.05) is 18.6 Å². The van der Waals surface area contributed by atoms with Crippen molar-refractivity contribution < 1.29 is 9.90 Å². The molecule has 0 aliphatic carbocycles. The minimum Gasteiger partial charge on any atom is -0.387 e. The summed E-state index contributed by atoms with van der Waals surface area (Å²) in [5, 5.41) is 13.9. The minimum absolute atomic E-state index is 0.199. The summed E-state index contributed by atoms with van der Waals surface area (Å²) < 4.78 is 0. The standard InChI is InChI=1S/C17H22N2O2S/c1-11-5-6-15-13(7-11)8-14(12(2)19-15)16(20)18-9-17(3,21)10-22-4/h5-8,21H,9-10H2,1-4H3,(H,18,20). The van der Waals surface area contributed by atoms with Crippen molar-refractivity contribution >= 4 is 28.6 Å². The second-order valence-electron chi connectivity index (χ2n) is 5.93. The van der Waals surface area contributed by atoms with Gasteiger partial charge in [0.05, 0.1) is 22.4 Å². The molecule has 0 saturated carbocycles. The minimum atomic E-state index is -0.913. The number of fused-ring (bicyclic) bond motifs is 1. The summed E-state index contributed by atoms with van der Waals surface area (Å²) in [7, 11) is 0. The molecule has 1 aromatic heterocycles. The molecule has 4 nitrogen and oxygen atoms in total. The van der Waals surface area contributed by atoms with E-state index in [1.165, 1.54) is 0 Å². The van der Waals surface area contributed by atoms with Gasteiger partial charge in [0, 0.05) is 17.7 Å². The molecule has 2 aromatic rings. The van der Waals surface area contributed by atoms with Crippen molar-refractivity contribution in [3.8, 4) is 0 Å². The highest BCUT2D eigenvalue weighted by molar-refractivity contribution is 7.98. The Labute approximate surface area is 135 Å². The number of carbonyl (C=O) groups is 1. The zero-order valence-corrected chi connectivity index (χ0v) is 14.3. The maximum atomic E-state index is 12.4. The summed E-state index contributed by atoms with van der Waals surface area (Å²) >= 11 is 1.55. The Morgan fingerprint density at radius 1 is 1.36 bits per heavy atom. The molecular weight excluding hydrogens is 296 g/mol. The molecule has 22 heavy (non-hydrogen) atoms. The largest absolute Gasteiger partial charge is 0.387 e. The molecular formula is C17H22N2O2S. The van der Waals surface area contributed by atoms with E-state index in [2.05, 4.69) is 10.3 Å². The fourth-order valence-electron chi connectivity index (χ4n) is 2.35. The van der Waals surface area contributed by atoms with Crippen LogP contribution in [0, 0.1) is 13.8 Å². The van der Waals surface area contributed by atoms with Crippen molar-refractivity contribution in [3.05, 3.63) is 41.1 Å². The molecule has 1 unspecified atom stereocenters. The molecule has 1 amide bonds. The van der Waals surface area contributed by atoms with E-state index in [0.29, 0.717) is 17.0 Å². The molecule has 1 heterocycles. The van der Waals surface area contributed by atoms with E-state index in [0.717, 1.165) is 16.5 Å². The van der Waals surface area contributed by atoms with Crippen molar-refractivity contribution in [2.45, 2.75) is 26.4 Å². The van der Waals surface area contributed by atoms with Crippen LogP contribution in [0.2, 0.25) is 0 Å². The van der Waals surface area contributed by atoms with Gasteiger partial charge in [-0.15, -0.1) is 0 Å². The maximum absolute atomic E-state index is 12.4. The Hall–Kier alpha value is -1.59. The predicted molar refractivity (Wildman–Crippen MR) is 92.6 cm³/mol. The SMILES string of the molecule is CSCC(C)(O)CNC(=O)c1cc2cc(C)ccc2nc1C. The molecule has 5 heteroatoms. The molecule has 0 aliphatic rings. The number of hydrogen-bond donors (Lipinski definition) is 2. The van der Waals surface area contributed by atoms with E-state index in [1.54, 1.807) is 18.7 Å². The van der Waals surface area contributed by atoms with E-state index in [1.807, 2.05) is 44.4 Å².